The van der Waals surface area contributed by atoms with Crippen molar-refractivity contribution >= 4 is 5.91 Å². The zero-order valence-electron chi connectivity index (χ0n) is 11.2. The Morgan fingerprint density at radius 3 is 2.58 bits per heavy atom. The van der Waals surface area contributed by atoms with Crippen LogP contribution in [0, 0.1) is 5.92 Å². The fourth-order valence-corrected chi connectivity index (χ4v) is 2.39. The summed E-state index contributed by atoms with van der Waals surface area (Å²) in [5.74, 6) is 1.11. The van der Waals surface area contributed by atoms with Gasteiger partial charge in [0, 0.05) is 12.0 Å². The fourth-order valence-electron chi connectivity index (χ4n) is 2.39. The number of carbonyl (C=O) groups is 1. The molecule has 1 fully saturated rings. The summed E-state index contributed by atoms with van der Waals surface area (Å²) in [5, 5.41) is 2.93. The molecule has 0 spiro atoms. The zero-order valence-corrected chi connectivity index (χ0v) is 11.2. The average molecular weight is 262 g/mol. The molecule has 2 rings (SSSR count). The molecular weight excluding hydrogens is 240 g/mol. The van der Waals surface area contributed by atoms with Crippen LogP contribution in [0.25, 0.3) is 0 Å². The molecule has 1 aliphatic carbocycles. The van der Waals surface area contributed by atoms with E-state index in [0.29, 0.717) is 13.2 Å². The molecule has 104 valence electrons. The van der Waals surface area contributed by atoms with Crippen molar-refractivity contribution in [3.63, 3.8) is 0 Å². The van der Waals surface area contributed by atoms with E-state index >= 15 is 0 Å². The Morgan fingerprint density at radius 1 is 1.21 bits per heavy atom. The topological polar surface area (TPSA) is 64.4 Å². The van der Waals surface area contributed by atoms with Gasteiger partial charge in [0.15, 0.2) is 0 Å². The molecule has 0 bridgehead atoms. The van der Waals surface area contributed by atoms with Crippen LogP contribution in [-0.4, -0.2) is 25.1 Å². The van der Waals surface area contributed by atoms with Gasteiger partial charge < -0.3 is 15.8 Å². The van der Waals surface area contributed by atoms with Crippen molar-refractivity contribution in [1.82, 2.24) is 5.32 Å². The molecule has 4 heteroatoms. The van der Waals surface area contributed by atoms with E-state index in [2.05, 4.69) is 5.32 Å². The predicted octanol–water partition coefficient (Wildman–Crippen LogP) is 1.70. The van der Waals surface area contributed by atoms with Gasteiger partial charge >= 0.3 is 0 Å². The fraction of sp³-hybridized carbons (Fsp3) is 0.533. The lowest BCUT2D eigenvalue weighted by atomic mass is 9.86. The Morgan fingerprint density at radius 2 is 1.89 bits per heavy atom. The van der Waals surface area contributed by atoms with E-state index in [-0.39, 0.29) is 17.9 Å². The second-order valence-corrected chi connectivity index (χ2v) is 5.06. The molecule has 0 aromatic heterocycles. The highest BCUT2D eigenvalue weighted by Crippen LogP contribution is 2.22. The number of nitrogens with two attached hydrogens (primary N) is 1. The molecule has 0 saturated heterocycles. The molecule has 3 N–H and O–H groups in total. The van der Waals surface area contributed by atoms with E-state index < -0.39 is 0 Å². The molecule has 1 saturated carbocycles. The van der Waals surface area contributed by atoms with Crippen LogP contribution in [0.3, 0.4) is 0 Å². The predicted molar refractivity (Wildman–Crippen MR) is 74.9 cm³/mol. The zero-order chi connectivity index (χ0) is 13.5. The van der Waals surface area contributed by atoms with Gasteiger partial charge in [0.2, 0.25) is 5.91 Å². The van der Waals surface area contributed by atoms with E-state index in [1.54, 1.807) is 0 Å². The van der Waals surface area contributed by atoms with Crippen LogP contribution < -0.4 is 15.8 Å². The highest BCUT2D eigenvalue weighted by Gasteiger charge is 2.23. The Kier molecular flexibility index (Phi) is 5.21. The number of carbonyl (C=O) groups excluding carboxylic acids is 1. The van der Waals surface area contributed by atoms with Gasteiger partial charge in [-0.15, -0.1) is 0 Å². The van der Waals surface area contributed by atoms with Gasteiger partial charge in [0.1, 0.15) is 12.4 Å². The molecule has 1 aliphatic rings. The molecule has 19 heavy (non-hydrogen) atoms. The third-order valence-corrected chi connectivity index (χ3v) is 3.56. The van der Waals surface area contributed by atoms with Crippen molar-refractivity contribution in [2.75, 3.05) is 13.2 Å². The monoisotopic (exact) mass is 262 g/mol. The lowest BCUT2D eigenvalue weighted by molar-refractivity contribution is -0.126. The summed E-state index contributed by atoms with van der Waals surface area (Å²) >= 11 is 0. The van der Waals surface area contributed by atoms with Gasteiger partial charge in [0.25, 0.3) is 0 Å². The standard InChI is InChI=1S/C15H22N2O2/c16-13-8-6-12(7-9-13)15(18)17-10-11-19-14-4-2-1-3-5-14/h1-5,12-13H,6-11,16H2,(H,17,18). The van der Waals surface area contributed by atoms with Gasteiger partial charge in [-0.1, -0.05) is 18.2 Å². The van der Waals surface area contributed by atoms with Crippen molar-refractivity contribution in [2.24, 2.45) is 11.7 Å². The number of hydrogen-bond donors (Lipinski definition) is 2. The van der Waals surface area contributed by atoms with Gasteiger partial charge in [-0.05, 0) is 37.8 Å². The minimum Gasteiger partial charge on any atom is -0.492 e. The maximum Gasteiger partial charge on any atom is 0.223 e. The van der Waals surface area contributed by atoms with Crippen LogP contribution in [0.1, 0.15) is 25.7 Å². The Labute approximate surface area is 114 Å². The number of nitrogens with one attached hydrogen (secondary N) is 1. The highest BCUT2D eigenvalue weighted by atomic mass is 16.5. The summed E-state index contributed by atoms with van der Waals surface area (Å²) in [6, 6.07) is 9.90. The molecule has 0 heterocycles. The van der Waals surface area contributed by atoms with Crippen LogP contribution in [0.4, 0.5) is 0 Å². The third kappa shape index (κ3) is 4.56. The second kappa shape index (κ2) is 7.14. The Bertz CT molecular complexity index is 386. The number of ether oxygens (including phenoxy) is 1. The van der Waals surface area contributed by atoms with E-state index in [1.165, 1.54) is 0 Å². The lowest BCUT2D eigenvalue weighted by Crippen LogP contribution is -2.37. The number of amides is 1. The van der Waals surface area contributed by atoms with Crippen LogP contribution in [0.5, 0.6) is 5.75 Å². The number of hydrogen-bond acceptors (Lipinski definition) is 3. The third-order valence-electron chi connectivity index (χ3n) is 3.56. The van der Waals surface area contributed by atoms with Gasteiger partial charge in [-0.25, -0.2) is 0 Å². The number of rotatable bonds is 5. The molecular formula is C15H22N2O2. The molecule has 4 nitrogen and oxygen atoms in total. The van der Waals surface area contributed by atoms with Gasteiger partial charge in [-0.2, -0.15) is 0 Å². The van der Waals surface area contributed by atoms with E-state index in [9.17, 15) is 4.79 Å². The summed E-state index contributed by atoms with van der Waals surface area (Å²) in [6.45, 7) is 1.05. The first-order valence-corrected chi connectivity index (χ1v) is 6.97. The van der Waals surface area contributed by atoms with Crippen molar-refractivity contribution in [3.8, 4) is 5.75 Å². The minimum atomic E-state index is 0.136. The SMILES string of the molecule is NC1CCC(C(=O)NCCOc2ccccc2)CC1. The van der Waals surface area contributed by atoms with Crippen molar-refractivity contribution < 1.29 is 9.53 Å². The highest BCUT2D eigenvalue weighted by molar-refractivity contribution is 5.78. The summed E-state index contributed by atoms with van der Waals surface area (Å²) < 4.78 is 5.53. The van der Waals surface area contributed by atoms with E-state index in [1.807, 2.05) is 30.3 Å². The summed E-state index contributed by atoms with van der Waals surface area (Å²) in [5.41, 5.74) is 5.83. The van der Waals surface area contributed by atoms with E-state index in [4.69, 9.17) is 10.5 Å². The van der Waals surface area contributed by atoms with Crippen molar-refractivity contribution in [3.05, 3.63) is 30.3 Å². The summed E-state index contributed by atoms with van der Waals surface area (Å²) in [4.78, 5) is 11.9. The lowest BCUT2D eigenvalue weighted by Gasteiger charge is -2.25. The number of benzene rings is 1. The maximum absolute atomic E-state index is 11.9. The second-order valence-electron chi connectivity index (χ2n) is 5.06. The quantitative estimate of drug-likeness (QED) is 0.794. The first-order chi connectivity index (χ1) is 9.25. The van der Waals surface area contributed by atoms with Crippen LogP contribution in [0.2, 0.25) is 0 Å². The smallest absolute Gasteiger partial charge is 0.223 e. The first-order valence-electron chi connectivity index (χ1n) is 6.97. The Hall–Kier alpha value is -1.55. The van der Waals surface area contributed by atoms with Crippen LogP contribution in [0.15, 0.2) is 30.3 Å². The van der Waals surface area contributed by atoms with E-state index in [0.717, 1.165) is 31.4 Å². The first kappa shape index (κ1) is 13.9. The normalized spacial score (nSPS) is 22.8. The molecule has 0 unspecified atom stereocenters. The van der Waals surface area contributed by atoms with Crippen molar-refractivity contribution in [1.29, 1.82) is 0 Å². The van der Waals surface area contributed by atoms with Crippen LogP contribution >= 0.6 is 0 Å². The minimum absolute atomic E-state index is 0.136. The summed E-state index contributed by atoms with van der Waals surface area (Å²) in [7, 11) is 0. The van der Waals surface area contributed by atoms with Gasteiger partial charge in [-0.3, -0.25) is 4.79 Å². The summed E-state index contributed by atoms with van der Waals surface area (Å²) in [6.07, 6.45) is 3.73. The molecule has 1 aromatic carbocycles. The largest absolute Gasteiger partial charge is 0.492 e. The van der Waals surface area contributed by atoms with Gasteiger partial charge in [0.05, 0.1) is 6.54 Å². The molecule has 1 amide bonds. The maximum atomic E-state index is 11.9. The molecule has 0 aliphatic heterocycles. The van der Waals surface area contributed by atoms with Crippen LogP contribution in [-0.2, 0) is 4.79 Å². The molecule has 0 radical (unpaired) electrons. The Balaban J connectivity index is 1.61. The molecule has 0 atom stereocenters. The molecule has 1 aromatic rings. The number of para-hydroxylation sites is 1. The average Bonchev–Trinajstić information content (AvgIpc) is 2.45. The van der Waals surface area contributed by atoms with Crippen molar-refractivity contribution in [2.45, 2.75) is 31.7 Å².